The van der Waals surface area contributed by atoms with Crippen molar-refractivity contribution in [1.82, 2.24) is 0 Å². The van der Waals surface area contributed by atoms with E-state index in [0.29, 0.717) is 11.1 Å². The Morgan fingerprint density at radius 3 is 2.43 bits per heavy atom. The highest BCUT2D eigenvalue weighted by atomic mass is 16.6. The monoisotopic (exact) mass is 386 g/mol. The number of rotatable bonds is 10. The molecule has 148 valence electrons. The average Bonchev–Trinajstić information content (AvgIpc) is 2.69. The summed E-state index contributed by atoms with van der Waals surface area (Å²) in [5.41, 5.74) is 1.11. The molecular weight excluding hydrogens is 364 g/mol. The molecule has 7 nitrogen and oxygen atoms in total. The van der Waals surface area contributed by atoms with Crippen LogP contribution in [0.5, 0.6) is 11.5 Å². The molecule has 0 aromatic heterocycles. The summed E-state index contributed by atoms with van der Waals surface area (Å²) in [6, 6.07) is 4.03. The summed E-state index contributed by atoms with van der Waals surface area (Å²) < 4.78 is 9.91. The molecule has 1 atom stereocenters. The van der Waals surface area contributed by atoms with Crippen molar-refractivity contribution < 1.29 is 34.4 Å². The topological polar surface area (TPSA) is 113 Å². The first-order valence-corrected chi connectivity index (χ1v) is 8.21. The van der Waals surface area contributed by atoms with Crippen LogP contribution in [0.2, 0.25) is 0 Å². The molecule has 0 saturated heterocycles. The molecule has 3 N–H and O–H groups in total. The lowest BCUT2D eigenvalue weighted by Gasteiger charge is -2.13. The molecular formula is C21H22O7. The summed E-state index contributed by atoms with van der Waals surface area (Å²) in [7, 11) is 0. The summed E-state index contributed by atoms with van der Waals surface area (Å²) >= 11 is 0. The van der Waals surface area contributed by atoms with Gasteiger partial charge in [-0.2, -0.15) is 0 Å². The van der Waals surface area contributed by atoms with Crippen LogP contribution in [0.3, 0.4) is 0 Å². The van der Waals surface area contributed by atoms with Crippen LogP contribution in [-0.2, 0) is 19.1 Å². The van der Waals surface area contributed by atoms with Crippen molar-refractivity contribution in [2.45, 2.75) is 6.10 Å². The summed E-state index contributed by atoms with van der Waals surface area (Å²) in [4.78, 5) is 23.5. The fourth-order valence-electron chi connectivity index (χ4n) is 1.85. The highest BCUT2D eigenvalue weighted by Gasteiger charge is 2.14. The molecule has 1 aromatic carbocycles. The van der Waals surface area contributed by atoms with Gasteiger partial charge >= 0.3 is 11.9 Å². The second kappa shape index (κ2) is 11.9. The fourth-order valence-corrected chi connectivity index (χ4v) is 1.85. The minimum Gasteiger partial charge on any atom is -0.504 e. The molecule has 0 radical (unpaired) electrons. The number of phenols is 2. The second-order valence-corrected chi connectivity index (χ2v) is 5.39. The normalized spacial score (nSPS) is 12.7. The number of allylic oxidation sites excluding steroid dienone is 5. The number of ether oxygens (including phenoxy) is 2. The van der Waals surface area contributed by atoms with Gasteiger partial charge < -0.3 is 24.8 Å². The third-order valence-corrected chi connectivity index (χ3v) is 3.27. The standard InChI is InChI=1S/C21H22O7/c1-3-5-15(4-2)7-11-21(26)28-17(13-22)14-27-20(25)10-8-16-6-9-18(23)19(24)12-16/h3-12,17,22-24H,1-2,13-14H2/b10-8+,11-7+,15-5+. The first-order valence-electron chi connectivity index (χ1n) is 8.21. The Hall–Kier alpha value is -3.58. The fraction of sp³-hybridized carbons (Fsp3) is 0.143. The van der Waals surface area contributed by atoms with E-state index in [0.717, 1.165) is 12.2 Å². The van der Waals surface area contributed by atoms with Crippen molar-refractivity contribution in [2.75, 3.05) is 13.2 Å². The van der Waals surface area contributed by atoms with Crippen molar-refractivity contribution in [3.05, 3.63) is 78.9 Å². The van der Waals surface area contributed by atoms with Crippen LogP contribution in [0.25, 0.3) is 6.08 Å². The van der Waals surface area contributed by atoms with Crippen LogP contribution in [0, 0.1) is 0 Å². The third-order valence-electron chi connectivity index (χ3n) is 3.27. The maximum atomic E-state index is 11.7. The Bertz CT molecular complexity index is 803. The quantitative estimate of drug-likeness (QED) is 0.245. The van der Waals surface area contributed by atoms with Gasteiger partial charge in [0.15, 0.2) is 17.6 Å². The van der Waals surface area contributed by atoms with Crippen molar-refractivity contribution in [2.24, 2.45) is 0 Å². The number of esters is 2. The van der Waals surface area contributed by atoms with Gasteiger partial charge in [-0.25, -0.2) is 9.59 Å². The van der Waals surface area contributed by atoms with Gasteiger partial charge in [0.2, 0.25) is 0 Å². The Morgan fingerprint density at radius 1 is 1.07 bits per heavy atom. The van der Waals surface area contributed by atoms with E-state index in [2.05, 4.69) is 13.2 Å². The number of aliphatic hydroxyl groups excluding tert-OH is 1. The van der Waals surface area contributed by atoms with E-state index in [1.54, 1.807) is 6.08 Å². The Morgan fingerprint density at radius 2 is 1.82 bits per heavy atom. The van der Waals surface area contributed by atoms with E-state index in [1.807, 2.05) is 0 Å². The predicted octanol–water partition coefficient (Wildman–Crippen LogP) is 2.41. The molecule has 0 saturated carbocycles. The Balaban J connectivity index is 2.53. The highest BCUT2D eigenvalue weighted by Crippen LogP contribution is 2.25. The number of carbonyl (C=O) groups excluding carboxylic acids is 2. The van der Waals surface area contributed by atoms with Gasteiger partial charge in [-0.05, 0) is 35.4 Å². The predicted molar refractivity (Wildman–Crippen MR) is 104 cm³/mol. The molecule has 0 fully saturated rings. The molecule has 0 heterocycles. The lowest BCUT2D eigenvalue weighted by molar-refractivity contribution is -0.154. The number of aliphatic hydroxyl groups is 1. The minimum atomic E-state index is -1.03. The largest absolute Gasteiger partial charge is 0.504 e. The first-order chi connectivity index (χ1) is 13.4. The molecule has 0 spiro atoms. The van der Waals surface area contributed by atoms with Crippen molar-refractivity contribution >= 4 is 18.0 Å². The SMILES string of the molecule is C=C/C=C(C=C)/C=C/C(=O)OC(CO)COC(=O)/C=C/c1ccc(O)c(O)c1. The second-order valence-electron chi connectivity index (χ2n) is 5.39. The van der Waals surface area contributed by atoms with E-state index < -0.39 is 24.6 Å². The number of phenolic OH excluding ortho intramolecular Hbond substituents is 2. The Kier molecular flexibility index (Phi) is 9.57. The zero-order valence-corrected chi connectivity index (χ0v) is 15.2. The molecule has 1 aromatic rings. The summed E-state index contributed by atoms with van der Waals surface area (Å²) in [6.07, 6.45) is 8.76. The van der Waals surface area contributed by atoms with E-state index in [4.69, 9.17) is 9.47 Å². The smallest absolute Gasteiger partial charge is 0.331 e. The molecule has 0 aliphatic heterocycles. The summed E-state index contributed by atoms with van der Waals surface area (Å²) in [5, 5.41) is 27.9. The highest BCUT2D eigenvalue weighted by molar-refractivity contribution is 5.87. The maximum Gasteiger partial charge on any atom is 0.331 e. The van der Waals surface area contributed by atoms with Crippen molar-refractivity contribution in [3.63, 3.8) is 0 Å². The lowest BCUT2D eigenvalue weighted by atomic mass is 10.2. The molecule has 0 aliphatic rings. The van der Waals surface area contributed by atoms with Crippen LogP contribution in [0.4, 0.5) is 0 Å². The van der Waals surface area contributed by atoms with Crippen LogP contribution < -0.4 is 0 Å². The maximum absolute atomic E-state index is 11.7. The van der Waals surface area contributed by atoms with Crippen molar-refractivity contribution in [3.8, 4) is 11.5 Å². The third kappa shape index (κ3) is 8.20. The number of hydrogen-bond acceptors (Lipinski definition) is 7. The van der Waals surface area contributed by atoms with Gasteiger partial charge in [0.05, 0.1) is 6.61 Å². The van der Waals surface area contributed by atoms with E-state index in [1.165, 1.54) is 42.5 Å². The molecule has 0 bridgehead atoms. The van der Waals surface area contributed by atoms with Gasteiger partial charge in [-0.15, -0.1) is 0 Å². The van der Waals surface area contributed by atoms with Crippen LogP contribution in [0.15, 0.2) is 73.4 Å². The number of carbonyl (C=O) groups is 2. The van der Waals surface area contributed by atoms with Crippen LogP contribution >= 0.6 is 0 Å². The van der Waals surface area contributed by atoms with E-state index in [9.17, 15) is 24.9 Å². The molecule has 1 rings (SSSR count). The molecule has 0 amide bonds. The molecule has 28 heavy (non-hydrogen) atoms. The first kappa shape index (κ1) is 22.5. The summed E-state index contributed by atoms with van der Waals surface area (Å²) in [6.45, 7) is 6.25. The van der Waals surface area contributed by atoms with Gasteiger partial charge in [0.1, 0.15) is 6.61 Å². The summed E-state index contributed by atoms with van der Waals surface area (Å²) in [5.74, 6) is -2.05. The Labute approximate surface area is 162 Å². The van der Waals surface area contributed by atoms with Crippen LogP contribution in [-0.4, -0.2) is 46.6 Å². The molecule has 0 aliphatic carbocycles. The minimum absolute atomic E-state index is 0.276. The van der Waals surface area contributed by atoms with Crippen LogP contribution in [0.1, 0.15) is 5.56 Å². The zero-order chi connectivity index (χ0) is 20.9. The van der Waals surface area contributed by atoms with Gasteiger partial charge in [0, 0.05) is 12.2 Å². The zero-order valence-electron chi connectivity index (χ0n) is 15.2. The van der Waals surface area contributed by atoms with Gasteiger partial charge in [0.25, 0.3) is 0 Å². The van der Waals surface area contributed by atoms with Gasteiger partial charge in [-0.3, -0.25) is 0 Å². The van der Waals surface area contributed by atoms with E-state index in [-0.39, 0.29) is 18.1 Å². The number of hydrogen-bond donors (Lipinski definition) is 3. The van der Waals surface area contributed by atoms with Gasteiger partial charge in [-0.1, -0.05) is 37.5 Å². The average molecular weight is 386 g/mol. The van der Waals surface area contributed by atoms with E-state index >= 15 is 0 Å². The number of aromatic hydroxyl groups is 2. The lowest BCUT2D eigenvalue weighted by Crippen LogP contribution is -2.27. The molecule has 7 heteroatoms. The van der Waals surface area contributed by atoms with Crippen molar-refractivity contribution in [1.29, 1.82) is 0 Å². The number of benzene rings is 1. The molecule has 1 unspecified atom stereocenters.